The van der Waals surface area contributed by atoms with E-state index in [0.717, 1.165) is 12.0 Å². The Morgan fingerprint density at radius 1 is 1.25 bits per heavy atom. The van der Waals surface area contributed by atoms with Crippen LogP contribution in [0.1, 0.15) is 28.5 Å². The van der Waals surface area contributed by atoms with Gasteiger partial charge in [-0.25, -0.2) is 10.8 Å². The fourth-order valence-electron chi connectivity index (χ4n) is 1.89. The maximum Gasteiger partial charge on any atom is 0.271 e. The van der Waals surface area contributed by atoms with Crippen LogP contribution in [0.2, 0.25) is 0 Å². The zero-order chi connectivity index (χ0) is 14.4. The van der Waals surface area contributed by atoms with Crippen molar-refractivity contribution in [2.45, 2.75) is 19.9 Å². The molecule has 104 valence electrons. The molecule has 1 amide bonds. The van der Waals surface area contributed by atoms with Crippen LogP contribution >= 0.6 is 0 Å². The summed E-state index contributed by atoms with van der Waals surface area (Å²) in [4.78, 5) is 19.9. The van der Waals surface area contributed by atoms with Crippen LogP contribution in [-0.2, 0) is 13.0 Å². The average Bonchev–Trinajstić information content (AvgIpc) is 2.52. The van der Waals surface area contributed by atoms with Crippen molar-refractivity contribution in [3.8, 4) is 0 Å². The Balaban J connectivity index is 2.04. The molecule has 0 fully saturated rings. The number of carbonyl (C=O) groups is 1. The molecule has 1 aromatic heterocycles. The number of aryl methyl sites for hydroxylation is 1. The van der Waals surface area contributed by atoms with Crippen molar-refractivity contribution in [3.63, 3.8) is 0 Å². The van der Waals surface area contributed by atoms with E-state index in [0.29, 0.717) is 12.4 Å². The van der Waals surface area contributed by atoms with Gasteiger partial charge in [0.2, 0.25) is 0 Å². The van der Waals surface area contributed by atoms with Gasteiger partial charge in [0.05, 0.1) is 12.4 Å². The number of nitrogens with zero attached hydrogens (tertiary/aromatic N) is 2. The van der Waals surface area contributed by atoms with Gasteiger partial charge >= 0.3 is 0 Å². The highest BCUT2D eigenvalue weighted by molar-refractivity contribution is 5.92. The number of nitrogens with one attached hydrogen (secondary N) is 2. The van der Waals surface area contributed by atoms with Gasteiger partial charge in [0, 0.05) is 6.54 Å². The maximum atomic E-state index is 12.0. The van der Waals surface area contributed by atoms with Gasteiger partial charge < -0.3 is 10.7 Å². The minimum Gasteiger partial charge on any atom is -0.347 e. The van der Waals surface area contributed by atoms with Crippen molar-refractivity contribution in [2.24, 2.45) is 5.84 Å². The summed E-state index contributed by atoms with van der Waals surface area (Å²) in [5.74, 6) is 5.31. The highest BCUT2D eigenvalue weighted by atomic mass is 16.1. The number of nitrogen functional groups attached to an aromatic ring is 1. The summed E-state index contributed by atoms with van der Waals surface area (Å²) in [5, 5.41) is 2.83. The highest BCUT2D eigenvalue weighted by Gasteiger charge is 2.09. The van der Waals surface area contributed by atoms with Crippen molar-refractivity contribution in [1.82, 2.24) is 15.3 Å². The first-order valence-corrected chi connectivity index (χ1v) is 6.38. The second kappa shape index (κ2) is 6.63. The van der Waals surface area contributed by atoms with Crippen LogP contribution < -0.4 is 16.6 Å². The number of benzene rings is 1. The quantitative estimate of drug-likeness (QED) is 0.562. The van der Waals surface area contributed by atoms with Crippen LogP contribution in [-0.4, -0.2) is 15.9 Å². The minimum absolute atomic E-state index is 0.231. The Labute approximate surface area is 117 Å². The first-order valence-electron chi connectivity index (χ1n) is 6.38. The molecule has 1 aromatic carbocycles. The molecule has 6 heteroatoms. The molecule has 0 aliphatic carbocycles. The third-order valence-corrected chi connectivity index (χ3v) is 2.95. The first kappa shape index (κ1) is 14.0. The van der Waals surface area contributed by atoms with Crippen LogP contribution in [0.3, 0.4) is 0 Å². The lowest BCUT2D eigenvalue weighted by molar-refractivity contribution is 0.0945. The number of anilines is 1. The van der Waals surface area contributed by atoms with Gasteiger partial charge in [0.1, 0.15) is 5.69 Å². The number of hydrogen-bond donors (Lipinski definition) is 3. The second-order valence-corrected chi connectivity index (χ2v) is 4.24. The van der Waals surface area contributed by atoms with E-state index in [1.807, 2.05) is 18.2 Å². The lowest BCUT2D eigenvalue weighted by Crippen LogP contribution is -2.25. The summed E-state index contributed by atoms with van der Waals surface area (Å²) >= 11 is 0. The molecular weight excluding hydrogens is 254 g/mol. The molecule has 6 nitrogen and oxygen atoms in total. The van der Waals surface area contributed by atoms with Crippen LogP contribution in [0, 0.1) is 0 Å². The molecule has 0 saturated heterocycles. The number of hydrogen-bond acceptors (Lipinski definition) is 5. The predicted molar refractivity (Wildman–Crippen MR) is 76.8 cm³/mol. The van der Waals surface area contributed by atoms with E-state index < -0.39 is 0 Å². The van der Waals surface area contributed by atoms with E-state index in [4.69, 9.17) is 5.84 Å². The van der Waals surface area contributed by atoms with Crippen molar-refractivity contribution >= 4 is 11.7 Å². The summed E-state index contributed by atoms with van der Waals surface area (Å²) in [5.41, 5.74) is 4.91. The first-order chi connectivity index (χ1) is 9.74. The summed E-state index contributed by atoms with van der Waals surface area (Å²) in [6, 6.07) is 8.01. The highest BCUT2D eigenvalue weighted by Crippen LogP contribution is 2.09. The fraction of sp³-hybridized carbons (Fsp3) is 0.214. The van der Waals surface area contributed by atoms with E-state index in [-0.39, 0.29) is 11.6 Å². The Hall–Kier alpha value is -2.47. The molecule has 0 spiro atoms. The molecule has 1 heterocycles. The third-order valence-electron chi connectivity index (χ3n) is 2.95. The molecule has 4 N–H and O–H groups in total. The number of aromatic nitrogens is 2. The normalized spacial score (nSPS) is 10.1. The Morgan fingerprint density at radius 3 is 2.70 bits per heavy atom. The Kier molecular flexibility index (Phi) is 4.62. The van der Waals surface area contributed by atoms with E-state index in [9.17, 15) is 4.79 Å². The van der Waals surface area contributed by atoms with Gasteiger partial charge in [0.15, 0.2) is 5.82 Å². The van der Waals surface area contributed by atoms with Gasteiger partial charge in [-0.15, -0.1) is 0 Å². The molecule has 0 atom stereocenters. The molecule has 0 saturated carbocycles. The summed E-state index contributed by atoms with van der Waals surface area (Å²) in [6.07, 6.45) is 3.78. The molecule has 0 aliphatic rings. The molecule has 0 bridgehead atoms. The fourth-order valence-corrected chi connectivity index (χ4v) is 1.89. The number of carbonyl (C=O) groups excluding carboxylic acids is 1. The molecule has 0 radical (unpaired) electrons. The van der Waals surface area contributed by atoms with E-state index in [1.54, 1.807) is 0 Å². The van der Waals surface area contributed by atoms with Gasteiger partial charge in [0.25, 0.3) is 5.91 Å². The lowest BCUT2D eigenvalue weighted by Gasteiger charge is -2.09. The topological polar surface area (TPSA) is 92.9 Å². The number of nitrogens with two attached hydrogens (primary N) is 1. The van der Waals surface area contributed by atoms with Crippen molar-refractivity contribution in [2.75, 3.05) is 5.43 Å². The van der Waals surface area contributed by atoms with Crippen molar-refractivity contribution in [3.05, 3.63) is 53.5 Å². The van der Waals surface area contributed by atoms with Gasteiger partial charge in [-0.2, -0.15) is 0 Å². The number of amides is 1. The van der Waals surface area contributed by atoms with E-state index in [1.165, 1.54) is 18.0 Å². The van der Waals surface area contributed by atoms with E-state index >= 15 is 0 Å². The van der Waals surface area contributed by atoms with Gasteiger partial charge in [-0.3, -0.25) is 9.78 Å². The zero-order valence-corrected chi connectivity index (χ0v) is 11.3. The van der Waals surface area contributed by atoms with Crippen LogP contribution in [0.25, 0.3) is 0 Å². The average molecular weight is 271 g/mol. The van der Waals surface area contributed by atoms with Gasteiger partial charge in [-0.1, -0.05) is 31.2 Å². The monoisotopic (exact) mass is 271 g/mol. The number of rotatable bonds is 5. The van der Waals surface area contributed by atoms with Crippen LogP contribution in [0.4, 0.5) is 5.82 Å². The minimum atomic E-state index is -0.277. The number of hydrazine groups is 1. The smallest absolute Gasteiger partial charge is 0.271 e. The Morgan fingerprint density at radius 2 is 2.00 bits per heavy atom. The van der Waals surface area contributed by atoms with Crippen molar-refractivity contribution in [1.29, 1.82) is 0 Å². The summed E-state index contributed by atoms with van der Waals surface area (Å²) < 4.78 is 0. The Bertz CT molecular complexity index is 600. The standard InChI is InChI=1S/C14H17N5O/c1-2-10-5-3-4-6-11(10)7-17-14(20)12-8-16-9-13(18-12)19-15/h3-6,8-9H,2,7,15H2,1H3,(H,17,20)(H,18,19). The molecule has 2 aromatic rings. The molecular formula is C14H17N5O. The maximum absolute atomic E-state index is 12.0. The van der Waals surface area contributed by atoms with Crippen LogP contribution in [0.5, 0.6) is 0 Å². The predicted octanol–water partition coefficient (Wildman–Crippen LogP) is 1.25. The van der Waals surface area contributed by atoms with Crippen LogP contribution in [0.15, 0.2) is 36.7 Å². The molecule has 2 rings (SSSR count). The summed E-state index contributed by atoms with van der Waals surface area (Å²) in [7, 11) is 0. The second-order valence-electron chi connectivity index (χ2n) is 4.24. The molecule has 0 aliphatic heterocycles. The molecule has 20 heavy (non-hydrogen) atoms. The lowest BCUT2D eigenvalue weighted by atomic mass is 10.1. The zero-order valence-electron chi connectivity index (χ0n) is 11.3. The SMILES string of the molecule is CCc1ccccc1CNC(=O)c1cncc(NN)n1. The molecule has 0 unspecified atom stereocenters. The summed E-state index contributed by atoms with van der Waals surface area (Å²) in [6.45, 7) is 2.55. The van der Waals surface area contributed by atoms with E-state index in [2.05, 4.69) is 33.7 Å². The van der Waals surface area contributed by atoms with Crippen molar-refractivity contribution < 1.29 is 4.79 Å². The largest absolute Gasteiger partial charge is 0.347 e. The van der Waals surface area contributed by atoms with Gasteiger partial charge in [-0.05, 0) is 17.5 Å². The third kappa shape index (κ3) is 3.30.